The molecule has 0 aliphatic carbocycles. The van der Waals surface area contributed by atoms with Crippen molar-refractivity contribution in [2.45, 2.75) is 25.7 Å². The van der Waals surface area contributed by atoms with Crippen molar-refractivity contribution in [3.63, 3.8) is 0 Å². The zero-order valence-corrected chi connectivity index (χ0v) is 7.39. The number of unbranched alkanes of at least 4 members (excludes halogenated alkanes) is 3. The van der Waals surface area contributed by atoms with Crippen molar-refractivity contribution in [1.82, 2.24) is 0 Å². The van der Waals surface area contributed by atoms with Crippen LogP contribution in [0.4, 0.5) is 0 Å². The molecule has 0 aliphatic rings. The summed E-state index contributed by atoms with van der Waals surface area (Å²) in [6.45, 7) is 0. The van der Waals surface area contributed by atoms with E-state index < -0.39 is 0 Å². The average molecular weight is 165 g/mol. The summed E-state index contributed by atoms with van der Waals surface area (Å²) in [5.41, 5.74) is 0. The van der Waals surface area contributed by atoms with Crippen LogP contribution < -0.4 is 5.14 Å². The van der Waals surface area contributed by atoms with Gasteiger partial charge in [-0.1, -0.05) is 24.8 Å². The molecule has 0 amide bonds. The van der Waals surface area contributed by atoms with E-state index in [1.807, 2.05) is 0 Å². The first kappa shape index (κ1) is 9.66. The number of nitrogens with two attached hydrogens (primary N) is 1. The molecule has 0 aromatic heterocycles. The van der Waals surface area contributed by atoms with Crippen LogP contribution in [0, 0.1) is 0 Å². The van der Waals surface area contributed by atoms with E-state index in [-0.39, 0.29) is 0 Å². The lowest BCUT2D eigenvalue weighted by Gasteiger charge is -1.95. The SMILES string of the molecule is NSCCCCCCS. The van der Waals surface area contributed by atoms with E-state index in [4.69, 9.17) is 5.14 Å². The van der Waals surface area contributed by atoms with Crippen LogP contribution in [-0.4, -0.2) is 11.5 Å². The highest BCUT2D eigenvalue weighted by atomic mass is 32.2. The van der Waals surface area contributed by atoms with Crippen molar-refractivity contribution in [1.29, 1.82) is 0 Å². The molecule has 0 aromatic carbocycles. The van der Waals surface area contributed by atoms with Crippen LogP contribution in [0.25, 0.3) is 0 Å². The van der Waals surface area contributed by atoms with Crippen molar-refractivity contribution in [3.8, 4) is 0 Å². The van der Waals surface area contributed by atoms with E-state index in [0.717, 1.165) is 11.5 Å². The first-order valence-corrected chi connectivity index (χ1v) is 5.02. The normalized spacial score (nSPS) is 10.0. The third-order valence-corrected chi connectivity index (χ3v) is 2.01. The van der Waals surface area contributed by atoms with Crippen LogP contribution in [0.5, 0.6) is 0 Å². The Morgan fingerprint density at radius 2 is 1.78 bits per heavy atom. The van der Waals surface area contributed by atoms with E-state index in [1.54, 1.807) is 0 Å². The van der Waals surface area contributed by atoms with Gasteiger partial charge in [-0.05, 0) is 18.6 Å². The zero-order valence-electron chi connectivity index (χ0n) is 5.68. The minimum atomic E-state index is 1.02. The van der Waals surface area contributed by atoms with Crippen LogP contribution in [-0.2, 0) is 0 Å². The first-order chi connectivity index (χ1) is 4.41. The highest BCUT2D eigenvalue weighted by Gasteiger charge is 1.86. The molecule has 0 bridgehead atoms. The summed E-state index contributed by atoms with van der Waals surface area (Å²) in [5.74, 6) is 2.13. The Bertz CT molecular complexity index is 44.3. The van der Waals surface area contributed by atoms with Crippen LogP contribution in [0.2, 0.25) is 0 Å². The lowest BCUT2D eigenvalue weighted by Crippen LogP contribution is -1.85. The van der Waals surface area contributed by atoms with E-state index in [9.17, 15) is 0 Å². The molecule has 0 rings (SSSR count). The van der Waals surface area contributed by atoms with E-state index >= 15 is 0 Å². The summed E-state index contributed by atoms with van der Waals surface area (Å²) in [7, 11) is 0. The lowest BCUT2D eigenvalue weighted by atomic mass is 10.2. The molecule has 2 N–H and O–H groups in total. The largest absolute Gasteiger partial charge is 0.278 e. The van der Waals surface area contributed by atoms with Gasteiger partial charge in [0.15, 0.2) is 0 Å². The maximum absolute atomic E-state index is 5.24. The summed E-state index contributed by atoms with van der Waals surface area (Å²) in [6, 6.07) is 0. The van der Waals surface area contributed by atoms with Crippen LogP contribution in [0.3, 0.4) is 0 Å². The second-order valence-corrected chi connectivity index (χ2v) is 3.20. The maximum atomic E-state index is 5.24. The Kier molecular flexibility index (Phi) is 9.30. The molecule has 9 heavy (non-hydrogen) atoms. The monoisotopic (exact) mass is 165 g/mol. The molecule has 0 radical (unpaired) electrons. The van der Waals surface area contributed by atoms with Crippen LogP contribution in [0.1, 0.15) is 25.7 Å². The molecule has 3 heteroatoms. The highest BCUT2D eigenvalue weighted by molar-refractivity contribution is 7.97. The summed E-state index contributed by atoms with van der Waals surface area (Å²) >= 11 is 5.56. The Labute approximate surface area is 67.3 Å². The standard InChI is InChI=1S/C6H15NS2/c7-9-6-4-2-1-3-5-8/h8H,1-7H2. The lowest BCUT2D eigenvalue weighted by molar-refractivity contribution is 0.712. The van der Waals surface area contributed by atoms with Gasteiger partial charge in [-0.3, -0.25) is 5.14 Å². The molecule has 0 aromatic rings. The number of hydrogen-bond acceptors (Lipinski definition) is 3. The fourth-order valence-corrected chi connectivity index (χ4v) is 1.25. The van der Waals surface area contributed by atoms with Gasteiger partial charge in [0.2, 0.25) is 0 Å². The predicted octanol–water partition coefficient (Wildman–Crippen LogP) is 2.08. The van der Waals surface area contributed by atoms with Gasteiger partial charge in [-0.25, -0.2) is 0 Å². The molecule has 0 saturated carbocycles. The van der Waals surface area contributed by atoms with E-state index in [0.29, 0.717) is 0 Å². The van der Waals surface area contributed by atoms with Gasteiger partial charge in [0, 0.05) is 5.75 Å². The molecule has 1 nitrogen and oxygen atoms in total. The fraction of sp³-hybridized carbons (Fsp3) is 1.00. The van der Waals surface area contributed by atoms with Gasteiger partial charge < -0.3 is 0 Å². The van der Waals surface area contributed by atoms with Crippen LogP contribution >= 0.6 is 24.6 Å². The van der Waals surface area contributed by atoms with Gasteiger partial charge in [-0.2, -0.15) is 12.6 Å². The first-order valence-electron chi connectivity index (χ1n) is 3.34. The second-order valence-electron chi connectivity index (χ2n) is 2.01. The zero-order chi connectivity index (χ0) is 6.95. The molecule has 56 valence electrons. The molecule has 0 saturated heterocycles. The topological polar surface area (TPSA) is 26.0 Å². The van der Waals surface area contributed by atoms with Gasteiger partial charge in [0.25, 0.3) is 0 Å². The summed E-state index contributed by atoms with van der Waals surface area (Å²) in [6.07, 6.45) is 5.13. The summed E-state index contributed by atoms with van der Waals surface area (Å²) < 4.78 is 0. The van der Waals surface area contributed by atoms with Crippen LogP contribution in [0.15, 0.2) is 0 Å². The smallest absolute Gasteiger partial charge is 0.00764 e. The highest BCUT2D eigenvalue weighted by Crippen LogP contribution is 2.03. The third-order valence-electron chi connectivity index (χ3n) is 1.17. The molecule has 0 atom stereocenters. The van der Waals surface area contributed by atoms with Crippen molar-refractivity contribution < 1.29 is 0 Å². The number of hydrogen-bond donors (Lipinski definition) is 2. The Morgan fingerprint density at radius 1 is 1.11 bits per heavy atom. The van der Waals surface area contributed by atoms with Crippen molar-refractivity contribution in [2.24, 2.45) is 5.14 Å². The third kappa shape index (κ3) is 8.66. The minimum Gasteiger partial charge on any atom is -0.278 e. The Hall–Kier alpha value is 0.660. The van der Waals surface area contributed by atoms with Gasteiger partial charge in [0.05, 0.1) is 0 Å². The molecule has 0 fully saturated rings. The molecule has 0 unspecified atom stereocenters. The predicted molar refractivity (Wildman–Crippen MR) is 49.0 cm³/mol. The molecule has 0 spiro atoms. The van der Waals surface area contributed by atoms with Gasteiger partial charge in [-0.15, -0.1) is 0 Å². The quantitative estimate of drug-likeness (QED) is 0.358. The van der Waals surface area contributed by atoms with E-state index in [1.165, 1.54) is 37.6 Å². The summed E-state index contributed by atoms with van der Waals surface area (Å²) in [4.78, 5) is 0. The molecular formula is C6H15NS2. The number of thiol groups is 1. The van der Waals surface area contributed by atoms with Crippen molar-refractivity contribution in [2.75, 3.05) is 11.5 Å². The summed E-state index contributed by atoms with van der Waals surface area (Å²) in [5, 5.41) is 5.24. The minimum absolute atomic E-state index is 1.02. The van der Waals surface area contributed by atoms with E-state index in [2.05, 4.69) is 12.6 Å². The molecular weight excluding hydrogens is 150 g/mol. The maximum Gasteiger partial charge on any atom is 0.00764 e. The van der Waals surface area contributed by atoms with Gasteiger partial charge >= 0.3 is 0 Å². The Balaban J connectivity index is 2.60. The molecule has 0 heterocycles. The van der Waals surface area contributed by atoms with Crippen molar-refractivity contribution >= 4 is 24.6 Å². The Morgan fingerprint density at radius 3 is 2.33 bits per heavy atom. The van der Waals surface area contributed by atoms with Crippen molar-refractivity contribution in [3.05, 3.63) is 0 Å². The fourth-order valence-electron chi connectivity index (χ4n) is 0.651. The van der Waals surface area contributed by atoms with Gasteiger partial charge in [0.1, 0.15) is 0 Å². The average Bonchev–Trinajstić information content (AvgIpc) is 1.89. The molecule has 0 aliphatic heterocycles. The second kappa shape index (κ2) is 8.66. The number of rotatable bonds is 6.